The van der Waals surface area contributed by atoms with Crippen molar-refractivity contribution in [2.45, 2.75) is 39.7 Å². The Morgan fingerprint density at radius 1 is 1.12 bits per heavy atom. The van der Waals surface area contributed by atoms with Crippen LogP contribution < -0.4 is 20.7 Å². The molecule has 1 atom stereocenters. The van der Waals surface area contributed by atoms with Crippen molar-refractivity contribution in [3.8, 4) is 5.75 Å². The number of carbonyl (C=O) groups excluding carboxylic acids is 3. The Morgan fingerprint density at radius 2 is 1.84 bits per heavy atom. The molecular formula is C18H27N3O4. The van der Waals surface area contributed by atoms with Gasteiger partial charge in [0.25, 0.3) is 5.91 Å². The highest BCUT2D eigenvalue weighted by molar-refractivity contribution is 5.96. The molecule has 0 fully saturated rings. The first-order chi connectivity index (χ1) is 12.0. The lowest BCUT2D eigenvalue weighted by atomic mass is 10.2. The fraction of sp³-hybridized carbons (Fsp3) is 0.500. The van der Waals surface area contributed by atoms with Gasteiger partial charge in [-0.2, -0.15) is 0 Å². The molecule has 25 heavy (non-hydrogen) atoms. The average Bonchev–Trinajstić information content (AvgIpc) is 2.59. The lowest BCUT2D eigenvalue weighted by molar-refractivity contribution is -0.128. The van der Waals surface area contributed by atoms with Crippen LogP contribution in [0.3, 0.4) is 0 Å². The van der Waals surface area contributed by atoms with Gasteiger partial charge >= 0.3 is 0 Å². The predicted molar refractivity (Wildman–Crippen MR) is 95.5 cm³/mol. The third-order valence-electron chi connectivity index (χ3n) is 3.42. The first-order valence-electron chi connectivity index (χ1n) is 8.56. The van der Waals surface area contributed by atoms with E-state index in [1.165, 1.54) is 0 Å². The third-order valence-corrected chi connectivity index (χ3v) is 3.42. The summed E-state index contributed by atoms with van der Waals surface area (Å²) in [6, 6.07) is 6.45. The molecule has 0 aliphatic carbocycles. The maximum absolute atomic E-state index is 12.2. The van der Waals surface area contributed by atoms with E-state index in [2.05, 4.69) is 16.0 Å². The van der Waals surface area contributed by atoms with E-state index in [0.29, 0.717) is 37.4 Å². The second-order valence-electron chi connectivity index (χ2n) is 5.47. The summed E-state index contributed by atoms with van der Waals surface area (Å²) in [5.41, 5.74) is 0.471. The Balaban J connectivity index is 2.34. The molecular weight excluding hydrogens is 322 g/mol. The number of nitrogens with one attached hydrogen (secondary N) is 3. The summed E-state index contributed by atoms with van der Waals surface area (Å²) in [5, 5.41) is 8.04. The van der Waals surface area contributed by atoms with Gasteiger partial charge in [-0.25, -0.2) is 0 Å². The number of hydrogen-bond acceptors (Lipinski definition) is 4. The summed E-state index contributed by atoms with van der Waals surface area (Å²) in [6.45, 7) is 6.67. The molecule has 1 aromatic carbocycles. The fourth-order valence-corrected chi connectivity index (χ4v) is 2.19. The number of hydrogen-bond donors (Lipinski definition) is 3. The zero-order chi connectivity index (χ0) is 18.7. The van der Waals surface area contributed by atoms with Gasteiger partial charge in [0.1, 0.15) is 11.8 Å². The minimum absolute atomic E-state index is 0.211. The van der Waals surface area contributed by atoms with Crippen molar-refractivity contribution in [2.75, 3.05) is 19.7 Å². The van der Waals surface area contributed by atoms with Crippen LogP contribution in [0.2, 0.25) is 0 Å². The van der Waals surface area contributed by atoms with Crippen LogP contribution in [0, 0.1) is 0 Å². The standard InChI is InChI=1S/C18H27N3O4/c1-4-19-17(23)13(3)21-16(22)11-8-12-20-18(24)14-9-6-7-10-15(14)25-5-2/h6-7,9-10,13H,4-5,8,11-12H2,1-3H3,(H,19,23)(H,20,24)(H,21,22)/t13-/m1/s1. The van der Waals surface area contributed by atoms with Crippen LogP contribution in [-0.2, 0) is 9.59 Å². The van der Waals surface area contributed by atoms with Gasteiger partial charge in [-0.05, 0) is 39.3 Å². The summed E-state index contributed by atoms with van der Waals surface area (Å²) < 4.78 is 5.43. The minimum Gasteiger partial charge on any atom is -0.493 e. The Hall–Kier alpha value is -2.57. The summed E-state index contributed by atoms with van der Waals surface area (Å²) in [6.07, 6.45) is 0.716. The first kappa shape index (κ1) is 20.5. The Morgan fingerprint density at radius 3 is 2.52 bits per heavy atom. The lowest BCUT2D eigenvalue weighted by Gasteiger charge is -2.13. The third kappa shape index (κ3) is 7.24. The smallest absolute Gasteiger partial charge is 0.255 e. The van der Waals surface area contributed by atoms with E-state index >= 15 is 0 Å². The molecule has 0 unspecified atom stereocenters. The van der Waals surface area contributed by atoms with Gasteiger partial charge in [0, 0.05) is 19.5 Å². The van der Waals surface area contributed by atoms with Gasteiger partial charge in [-0.15, -0.1) is 0 Å². The molecule has 7 heteroatoms. The SMILES string of the molecule is CCNC(=O)[C@@H](C)NC(=O)CCCNC(=O)c1ccccc1OCC. The van der Waals surface area contributed by atoms with Crippen LogP contribution in [0.1, 0.15) is 44.0 Å². The van der Waals surface area contributed by atoms with Gasteiger partial charge in [-0.1, -0.05) is 12.1 Å². The summed E-state index contributed by atoms with van der Waals surface area (Å²) in [7, 11) is 0. The van der Waals surface area contributed by atoms with Gasteiger partial charge < -0.3 is 20.7 Å². The molecule has 3 N–H and O–H groups in total. The quantitative estimate of drug-likeness (QED) is 0.554. The number of likely N-dealkylation sites (N-methyl/N-ethyl adjacent to an activating group) is 1. The topological polar surface area (TPSA) is 96.5 Å². The van der Waals surface area contributed by atoms with Crippen LogP contribution in [0.5, 0.6) is 5.75 Å². The highest BCUT2D eigenvalue weighted by atomic mass is 16.5. The van der Waals surface area contributed by atoms with E-state index in [1.54, 1.807) is 25.1 Å². The zero-order valence-electron chi connectivity index (χ0n) is 15.1. The molecule has 138 valence electrons. The Labute approximate surface area is 148 Å². The molecule has 3 amide bonds. The van der Waals surface area contributed by atoms with Crippen molar-refractivity contribution in [1.29, 1.82) is 0 Å². The molecule has 1 rings (SSSR count). The number of amides is 3. The van der Waals surface area contributed by atoms with E-state index in [4.69, 9.17) is 4.74 Å². The highest BCUT2D eigenvalue weighted by Gasteiger charge is 2.15. The molecule has 0 aliphatic rings. The maximum atomic E-state index is 12.2. The van der Waals surface area contributed by atoms with Crippen molar-refractivity contribution in [3.05, 3.63) is 29.8 Å². The predicted octanol–water partition coefficient (Wildman–Crippen LogP) is 1.24. The zero-order valence-corrected chi connectivity index (χ0v) is 15.1. The second-order valence-corrected chi connectivity index (χ2v) is 5.47. The largest absolute Gasteiger partial charge is 0.493 e. The molecule has 0 aromatic heterocycles. The molecule has 0 bridgehead atoms. The van der Waals surface area contributed by atoms with Crippen LogP contribution in [-0.4, -0.2) is 43.5 Å². The van der Waals surface area contributed by atoms with Crippen molar-refractivity contribution in [1.82, 2.24) is 16.0 Å². The van der Waals surface area contributed by atoms with Crippen LogP contribution in [0.15, 0.2) is 24.3 Å². The average molecular weight is 349 g/mol. The maximum Gasteiger partial charge on any atom is 0.255 e. The van der Waals surface area contributed by atoms with E-state index in [9.17, 15) is 14.4 Å². The number of para-hydroxylation sites is 1. The minimum atomic E-state index is -0.569. The Kier molecular flexibility index (Phi) is 9.06. The summed E-state index contributed by atoms with van der Waals surface area (Å²) >= 11 is 0. The van der Waals surface area contributed by atoms with Gasteiger partial charge in [0.2, 0.25) is 11.8 Å². The van der Waals surface area contributed by atoms with Crippen molar-refractivity contribution >= 4 is 17.7 Å². The fourth-order valence-electron chi connectivity index (χ4n) is 2.19. The van der Waals surface area contributed by atoms with Crippen molar-refractivity contribution in [2.24, 2.45) is 0 Å². The van der Waals surface area contributed by atoms with Crippen LogP contribution >= 0.6 is 0 Å². The van der Waals surface area contributed by atoms with Gasteiger partial charge in [-0.3, -0.25) is 14.4 Å². The van der Waals surface area contributed by atoms with Crippen LogP contribution in [0.4, 0.5) is 0 Å². The first-order valence-corrected chi connectivity index (χ1v) is 8.56. The summed E-state index contributed by atoms with van der Waals surface area (Å²) in [5.74, 6) is -0.129. The molecule has 0 saturated heterocycles. The molecule has 0 aliphatic heterocycles. The molecule has 0 saturated carbocycles. The second kappa shape index (κ2) is 11.1. The molecule has 7 nitrogen and oxygen atoms in total. The Bertz CT molecular complexity index is 589. The summed E-state index contributed by atoms with van der Waals surface area (Å²) in [4.78, 5) is 35.5. The number of carbonyl (C=O) groups is 3. The van der Waals surface area contributed by atoms with E-state index in [0.717, 1.165) is 0 Å². The number of rotatable bonds is 10. The molecule has 0 heterocycles. The lowest BCUT2D eigenvalue weighted by Crippen LogP contribution is -2.44. The monoisotopic (exact) mass is 349 g/mol. The normalized spacial score (nSPS) is 11.3. The molecule has 0 spiro atoms. The van der Waals surface area contributed by atoms with E-state index in [-0.39, 0.29) is 24.1 Å². The van der Waals surface area contributed by atoms with Crippen LogP contribution in [0.25, 0.3) is 0 Å². The van der Waals surface area contributed by atoms with E-state index in [1.807, 2.05) is 19.9 Å². The van der Waals surface area contributed by atoms with Crippen molar-refractivity contribution in [3.63, 3.8) is 0 Å². The molecule has 1 aromatic rings. The highest BCUT2D eigenvalue weighted by Crippen LogP contribution is 2.17. The number of ether oxygens (including phenoxy) is 1. The molecule has 0 radical (unpaired) electrons. The van der Waals surface area contributed by atoms with Gasteiger partial charge in [0.15, 0.2) is 0 Å². The van der Waals surface area contributed by atoms with E-state index < -0.39 is 6.04 Å². The number of benzene rings is 1. The van der Waals surface area contributed by atoms with Crippen molar-refractivity contribution < 1.29 is 19.1 Å². The van der Waals surface area contributed by atoms with Gasteiger partial charge in [0.05, 0.1) is 12.2 Å².